The second kappa shape index (κ2) is 10.8. The molecule has 6 nitrogen and oxygen atoms in total. The predicted octanol–water partition coefficient (Wildman–Crippen LogP) is 3.22. The average molecular weight is 401 g/mol. The zero-order chi connectivity index (χ0) is 21.3. The molecule has 1 fully saturated rings. The van der Waals surface area contributed by atoms with Gasteiger partial charge in [0.1, 0.15) is 11.6 Å². The molecule has 1 aromatic carbocycles. The Balaban J connectivity index is 2.13. The van der Waals surface area contributed by atoms with Crippen molar-refractivity contribution in [2.45, 2.75) is 64.5 Å². The highest BCUT2D eigenvalue weighted by Gasteiger charge is 2.42. The van der Waals surface area contributed by atoms with E-state index in [4.69, 9.17) is 4.74 Å². The lowest BCUT2D eigenvalue weighted by Crippen LogP contribution is -2.62. The van der Waals surface area contributed by atoms with Crippen molar-refractivity contribution >= 4 is 23.9 Å². The van der Waals surface area contributed by atoms with Gasteiger partial charge in [-0.15, -0.1) is 0 Å². The van der Waals surface area contributed by atoms with E-state index in [-0.39, 0.29) is 24.3 Å². The highest BCUT2D eigenvalue weighted by Crippen LogP contribution is 2.29. The molecule has 0 saturated heterocycles. The van der Waals surface area contributed by atoms with E-state index < -0.39 is 17.6 Å². The lowest BCUT2D eigenvalue weighted by Gasteiger charge is -2.37. The zero-order valence-electron chi connectivity index (χ0n) is 17.6. The Hall–Kier alpha value is -2.63. The highest BCUT2D eigenvalue weighted by molar-refractivity contribution is 5.98. The lowest BCUT2D eigenvalue weighted by molar-refractivity contribution is -0.150. The van der Waals surface area contributed by atoms with Gasteiger partial charge in [0.15, 0.2) is 0 Å². The van der Waals surface area contributed by atoms with Gasteiger partial charge >= 0.3 is 5.97 Å². The summed E-state index contributed by atoms with van der Waals surface area (Å²) in [6.45, 7) is 5.70. The molecule has 0 unspecified atom stereocenters. The topological polar surface area (TPSA) is 84.5 Å². The number of rotatable bonds is 8. The summed E-state index contributed by atoms with van der Waals surface area (Å²) < 4.78 is 5.10. The summed E-state index contributed by atoms with van der Waals surface area (Å²) in [5.41, 5.74) is -0.0947. The van der Waals surface area contributed by atoms with Crippen LogP contribution in [-0.2, 0) is 19.1 Å². The predicted molar refractivity (Wildman–Crippen MR) is 113 cm³/mol. The molecule has 2 rings (SSSR count). The summed E-state index contributed by atoms with van der Waals surface area (Å²) in [5, 5.41) is 5.77. The lowest BCUT2D eigenvalue weighted by atomic mass is 9.80. The first-order valence-corrected chi connectivity index (χ1v) is 10.4. The second-order valence-electron chi connectivity index (χ2n) is 7.82. The Labute approximate surface area is 173 Å². The molecule has 1 aliphatic carbocycles. The van der Waals surface area contributed by atoms with Crippen LogP contribution in [0, 0.1) is 5.92 Å². The van der Waals surface area contributed by atoms with Crippen molar-refractivity contribution in [2.75, 3.05) is 6.61 Å². The first-order valence-electron chi connectivity index (χ1n) is 10.4. The number of hydrogen-bond donors (Lipinski definition) is 2. The van der Waals surface area contributed by atoms with E-state index in [1.54, 1.807) is 13.0 Å². The molecule has 6 heteroatoms. The van der Waals surface area contributed by atoms with Crippen molar-refractivity contribution < 1.29 is 19.1 Å². The number of nitrogens with one attached hydrogen (secondary N) is 2. The minimum absolute atomic E-state index is 0.118. The molecular formula is C23H32N2O4. The second-order valence-corrected chi connectivity index (χ2v) is 7.82. The number of ether oxygens (including phenoxy) is 1. The van der Waals surface area contributed by atoms with E-state index in [1.165, 1.54) is 6.08 Å². The van der Waals surface area contributed by atoms with E-state index in [0.717, 1.165) is 24.8 Å². The van der Waals surface area contributed by atoms with Crippen molar-refractivity contribution in [3.05, 3.63) is 42.0 Å². The van der Waals surface area contributed by atoms with Gasteiger partial charge < -0.3 is 15.4 Å². The van der Waals surface area contributed by atoms with Crippen LogP contribution in [0.1, 0.15) is 58.4 Å². The van der Waals surface area contributed by atoms with Crippen LogP contribution in [0.3, 0.4) is 0 Å². The Morgan fingerprint density at radius 1 is 1.10 bits per heavy atom. The Morgan fingerprint density at radius 2 is 1.76 bits per heavy atom. The van der Waals surface area contributed by atoms with Gasteiger partial charge in [-0.2, -0.15) is 0 Å². The summed E-state index contributed by atoms with van der Waals surface area (Å²) in [4.78, 5) is 38.0. The van der Waals surface area contributed by atoms with Crippen LogP contribution in [0.25, 0.3) is 6.08 Å². The van der Waals surface area contributed by atoms with E-state index >= 15 is 0 Å². The molecule has 1 aromatic rings. The SMILES string of the molecule is CCOC(=O)[C@@H](NC(=O)C1(NC(=O)C=Cc2ccccc2)CCCCC1)C(C)C. The number of carbonyl (C=O) groups excluding carboxylic acids is 3. The van der Waals surface area contributed by atoms with Crippen molar-refractivity contribution in [3.63, 3.8) is 0 Å². The Kier molecular flexibility index (Phi) is 8.43. The van der Waals surface area contributed by atoms with Crippen molar-refractivity contribution in [1.29, 1.82) is 0 Å². The number of benzene rings is 1. The largest absolute Gasteiger partial charge is 0.464 e. The standard InChI is InChI=1S/C23H32N2O4/c1-4-29-21(27)20(17(2)3)24-22(28)23(15-9-6-10-16-23)25-19(26)14-13-18-11-7-5-8-12-18/h5,7-8,11-14,17,20H,4,6,9-10,15-16H2,1-3H3,(H,24,28)(H,25,26)/t20-/m0/s1. The minimum atomic E-state index is -1.00. The molecule has 1 aliphatic rings. The first-order chi connectivity index (χ1) is 13.9. The number of hydrogen-bond acceptors (Lipinski definition) is 4. The molecule has 0 aromatic heterocycles. The third-order valence-corrected chi connectivity index (χ3v) is 5.22. The number of esters is 1. The van der Waals surface area contributed by atoms with Crippen LogP contribution in [-0.4, -0.2) is 36.0 Å². The fraction of sp³-hybridized carbons (Fsp3) is 0.522. The van der Waals surface area contributed by atoms with Crippen LogP contribution < -0.4 is 10.6 Å². The first kappa shape index (κ1) is 22.7. The summed E-state index contributed by atoms with van der Waals surface area (Å²) in [6, 6.07) is 8.77. The normalized spacial score (nSPS) is 17.0. The van der Waals surface area contributed by atoms with Crippen LogP contribution >= 0.6 is 0 Å². The number of amides is 2. The van der Waals surface area contributed by atoms with Crippen LogP contribution in [0.15, 0.2) is 36.4 Å². The van der Waals surface area contributed by atoms with E-state index in [9.17, 15) is 14.4 Å². The molecule has 0 heterocycles. The summed E-state index contributed by atoms with van der Waals surface area (Å²) in [7, 11) is 0. The minimum Gasteiger partial charge on any atom is -0.464 e. The molecule has 158 valence electrons. The van der Waals surface area contributed by atoms with Crippen molar-refractivity contribution in [1.82, 2.24) is 10.6 Å². The van der Waals surface area contributed by atoms with Crippen LogP contribution in [0.5, 0.6) is 0 Å². The summed E-state index contributed by atoms with van der Waals surface area (Å²) in [5.74, 6) is -1.20. The smallest absolute Gasteiger partial charge is 0.328 e. The maximum Gasteiger partial charge on any atom is 0.328 e. The fourth-order valence-corrected chi connectivity index (χ4v) is 3.59. The maximum atomic E-state index is 13.2. The molecular weight excluding hydrogens is 368 g/mol. The summed E-state index contributed by atoms with van der Waals surface area (Å²) >= 11 is 0. The highest BCUT2D eigenvalue weighted by atomic mass is 16.5. The molecule has 1 saturated carbocycles. The number of carbonyl (C=O) groups is 3. The molecule has 1 atom stereocenters. The summed E-state index contributed by atoms with van der Waals surface area (Å²) in [6.07, 6.45) is 7.00. The molecule has 0 aliphatic heterocycles. The van der Waals surface area contributed by atoms with Gasteiger partial charge in [0, 0.05) is 6.08 Å². The molecule has 29 heavy (non-hydrogen) atoms. The molecule has 0 spiro atoms. The fourth-order valence-electron chi connectivity index (χ4n) is 3.59. The van der Waals surface area contributed by atoms with Gasteiger partial charge in [-0.25, -0.2) is 4.79 Å². The molecule has 2 N–H and O–H groups in total. The Morgan fingerprint density at radius 3 is 2.34 bits per heavy atom. The molecule has 2 amide bonds. The van der Waals surface area contributed by atoms with Crippen molar-refractivity contribution in [3.8, 4) is 0 Å². The van der Waals surface area contributed by atoms with Gasteiger partial charge in [-0.1, -0.05) is 63.4 Å². The average Bonchev–Trinajstić information content (AvgIpc) is 2.71. The molecule has 0 bridgehead atoms. The third kappa shape index (κ3) is 6.44. The maximum absolute atomic E-state index is 13.2. The van der Waals surface area contributed by atoms with E-state index in [0.29, 0.717) is 12.8 Å². The molecule has 0 radical (unpaired) electrons. The monoisotopic (exact) mass is 400 g/mol. The zero-order valence-corrected chi connectivity index (χ0v) is 17.6. The van der Waals surface area contributed by atoms with E-state index in [1.807, 2.05) is 44.2 Å². The van der Waals surface area contributed by atoms with Crippen molar-refractivity contribution in [2.24, 2.45) is 5.92 Å². The van der Waals surface area contributed by atoms with Crippen LogP contribution in [0.2, 0.25) is 0 Å². The van der Waals surface area contributed by atoms with Gasteiger partial charge in [0.2, 0.25) is 11.8 Å². The quantitative estimate of drug-likeness (QED) is 0.518. The van der Waals surface area contributed by atoms with Gasteiger partial charge in [0.05, 0.1) is 6.61 Å². The van der Waals surface area contributed by atoms with Gasteiger partial charge in [-0.05, 0) is 37.3 Å². The van der Waals surface area contributed by atoms with Gasteiger partial charge in [0.25, 0.3) is 0 Å². The van der Waals surface area contributed by atoms with Gasteiger partial charge in [-0.3, -0.25) is 9.59 Å². The third-order valence-electron chi connectivity index (χ3n) is 5.22. The van der Waals surface area contributed by atoms with E-state index in [2.05, 4.69) is 10.6 Å². The van der Waals surface area contributed by atoms with Crippen LogP contribution in [0.4, 0.5) is 0 Å². The Bertz CT molecular complexity index is 722.